The molecule has 1 aromatic rings. The van der Waals surface area contributed by atoms with Gasteiger partial charge >= 0.3 is 0 Å². The molecule has 0 aliphatic heterocycles. The van der Waals surface area contributed by atoms with Gasteiger partial charge in [-0.05, 0) is 49.9 Å². The summed E-state index contributed by atoms with van der Waals surface area (Å²) in [5.74, 6) is 1.04. The lowest BCUT2D eigenvalue weighted by atomic mass is 10.1. The molecule has 0 bridgehead atoms. The van der Waals surface area contributed by atoms with Crippen molar-refractivity contribution in [3.63, 3.8) is 0 Å². The summed E-state index contributed by atoms with van der Waals surface area (Å²) in [6.45, 7) is 15.3. The van der Waals surface area contributed by atoms with E-state index in [0.717, 1.165) is 12.4 Å². The second-order valence-corrected chi connectivity index (χ2v) is 8.99. The lowest BCUT2D eigenvalue weighted by molar-refractivity contribution is -0.941. The molecule has 168 valence electrons. The minimum absolute atomic E-state index is 0.856. The summed E-state index contributed by atoms with van der Waals surface area (Å²) in [7, 11) is 0. The van der Waals surface area contributed by atoms with Gasteiger partial charge in [0.1, 0.15) is 12.3 Å². The first kappa shape index (κ1) is 26.0. The highest BCUT2D eigenvalue weighted by Crippen LogP contribution is 2.22. The minimum Gasteiger partial charge on any atom is -0.494 e. The Morgan fingerprint density at radius 3 is 1.59 bits per heavy atom. The molecule has 0 atom stereocenters. The van der Waals surface area contributed by atoms with Gasteiger partial charge < -0.3 is 9.22 Å². The van der Waals surface area contributed by atoms with Crippen LogP contribution in [0.3, 0.4) is 0 Å². The number of unbranched alkanes of at least 4 members (excludes halogenated alkanes) is 8. The van der Waals surface area contributed by atoms with Crippen molar-refractivity contribution < 1.29 is 9.22 Å². The lowest BCUT2D eigenvalue weighted by Gasteiger charge is -2.39. The molecule has 0 spiro atoms. The zero-order chi connectivity index (χ0) is 21.2. The summed E-state index contributed by atoms with van der Waals surface area (Å²) < 4.78 is 7.26. The van der Waals surface area contributed by atoms with Gasteiger partial charge in [0, 0.05) is 5.56 Å². The normalized spacial score (nSPS) is 11.7. The van der Waals surface area contributed by atoms with Gasteiger partial charge in [0.05, 0.1) is 26.2 Å². The predicted octanol–water partition coefficient (Wildman–Crippen LogP) is 8.14. The van der Waals surface area contributed by atoms with Gasteiger partial charge in [-0.2, -0.15) is 0 Å². The third kappa shape index (κ3) is 11.7. The highest BCUT2D eigenvalue weighted by atomic mass is 16.5. The highest BCUT2D eigenvalue weighted by molar-refractivity contribution is 5.26. The van der Waals surface area contributed by atoms with E-state index >= 15 is 0 Å². The van der Waals surface area contributed by atoms with Gasteiger partial charge in [-0.3, -0.25) is 0 Å². The SMILES string of the molecule is CCCCCCCCOc1ccc(C[N+](CCCC)(CCCC)CCCC)cc1. The lowest BCUT2D eigenvalue weighted by Crippen LogP contribution is -2.49. The molecule has 1 rings (SSSR count). The Morgan fingerprint density at radius 1 is 0.586 bits per heavy atom. The van der Waals surface area contributed by atoms with Gasteiger partial charge in [-0.25, -0.2) is 0 Å². The predicted molar refractivity (Wildman–Crippen MR) is 129 cm³/mol. The van der Waals surface area contributed by atoms with Crippen LogP contribution in [0.5, 0.6) is 5.75 Å². The molecule has 0 amide bonds. The van der Waals surface area contributed by atoms with E-state index in [1.54, 1.807) is 0 Å². The Hall–Kier alpha value is -1.02. The topological polar surface area (TPSA) is 9.23 Å². The molecule has 0 unspecified atom stereocenters. The number of nitrogens with zero attached hydrogens (tertiary/aromatic N) is 1. The zero-order valence-electron chi connectivity index (χ0n) is 20.2. The maximum atomic E-state index is 5.99. The van der Waals surface area contributed by atoms with Gasteiger partial charge in [-0.1, -0.05) is 79.1 Å². The molecular weight excluding hydrogens is 354 g/mol. The molecule has 0 saturated heterocycles. The molecule has 0 aliphatic rings. The number of hydrogen-bond acceptors (Lipinski definition) is 1. The van der Waals surface area contributed by atoms with Crippen LogP contribution in [0.2, 0.25) is 0 Å². The van der Waals surface area contributed by atoms with Gasteiger partial charge in [0.2, 0.25) is 0 Å². The Bertz CT molecular complexity index is 460. The molecule has 0 fully saturated rings. The summed E-state index contributed by atoms with van der Waals surface area (Å²) in [5, 5.41) is 0. The van der Waals surface area contributed by atoms with E-state index in [9.17, 15) is 0 Å². The van der Waals surface area contributed by atoms with Crippen LogP contribution in [0.4, 0.5) is 0 Å². The average molecular weight is 405 g/mol. The smallest absolute Gasteiger partial charge is 0.119 e. The Balaban J connectivity index is 2.57. The molecule has 0 saturated carbocycles. The molecule has 1 aromatic carbocycles. The molecule has 0 radical (unpaired) electrons. The van der Waals surface area contributed by atoms with Crippen molar-refractivity contribution in [1.82, 2.24) is 0 Å². The van der Waals surface area contributed by atoms with Crippen LogP contribution in [0, 0.1) is 0 Å². The molecular formula is C27H50NO+. The number of hydrogen-bond donors (Lipinski definition) is 0. The Kier molecular flexibility index (Phi) is 15.0. The molecule has 2 heteroatoms. The Labute approximate surface area is 182 Å². The largest absolute Gasteiger partial charge is 0.494 e. The number of rotatable bonds is 19. The van der Waals surface area contributed by atoms with Crippen molar-refractivity contribution in [2.45, 2.75) is 111 Å². The van der Waals surface area contributed by atoms with Crippen molar-refractivity contribution in [1.29, 1.82) is 0 Å². The summed E-state index contributed by atoms with van der Waals surface area (Å²) in [6.07, 6.45) is 15.8. The fourth-order valence-electron chi connectivity index (χ4n) is 4.20. The second-order valence-electron chi connectivity index (χ2n) is 8.99. The average Bonchev–Trinajstić information content (AvgIpc) is 2.75. The van der Waals surface area contributed by atoms with Gasteiger partial charge in [0.15, 0.2) is 0 Å². The van der Waals surface area contributed by atoms with Gasteiger partial charge in [-0.15, -0.1) is 0 Å². The first-order valence-corrected chi connectivity index (χ1v) is 12.8. The quantitative estimate of drug-likeness (QED) is 0.167. The summed E-state index contributed by atoms with van der Waals surface area (Å²) in [6, 6.07) is 9.02. The number of benzene rings is 1. The Morgan fingerprint density at radius 2 is 1.07 bits per heavy atom. The van der Waals surface area contributed by atoms with Gasteiger partial charge in [0.25, 0.3) is 0 Å². The second kappa shape index (κ2) is 16.7. The maximum absolute atomic E-state index is 5.99. The van der Waals surface area contributed by atoms with E-state index in [4.69, 9.17) is 4.74 Å². The molecule has 29 heavy (non-hydrogen) atoms. The summed E-state index contributed by atoms with van der Waals surface area (Å²) >= 11 is 0. The standard InChI is InChI=1S/C27H50NO/c1-5-9-13-14-15-16-24-29-27-19-17-26(18-20-27)25-28(21-10-6-2,22-11-7-3)23-12-8-4/h17-20H,5-16,21-25H2,1-4H3/q+1. The van der Waals surface area contributed by atoms with Crippen LogP contribution < -0.4 is 4.74 Å². The molecule has 0 aromatic heterocycles. The van der Waals surface area contributed by atoms with Crippen LogP contribution in [-0.2, 0) is 6.54 Å². The van der Waals surface area contributed by atoms with Crippen LogP contribution in [0.1, 0.15) is 110 Å². The minimum atomic E-state index is 0.856. The van der Waals surface area contributed by atoms with Crippen LogP contribution >= 0.6 is 0 Å². The third-order valence-corrected chi connectivity index (χ3v) is 6.17. The summed E-state index contributed by atoms with van der Waals surface area (Å²) in [4.78, 5) is 0. The monoisotopic (exact) mass is 404 g/mol. The van der Waals surface area contributed by atoms with Crippen LogP contribution in [-0.4, -0.2) is 30.7 Å². The number of quaternary nitrogens is 1. The van der Waals surface area contributed by atoms with Crippen molar-refractivity contribution in [2.24, 2.45) is 0 Å². The zero-order valence-corrected chi connectivity index (χ0v) is 20.2. The fourth-order valence-corrected chi connectivity index (χ4v) is 4.20. The molecule has 0 heterocycles. The number of ether oxygens (including phenoxy) is 1. The molecule has 0 aliphatic carbocycles. The molecule has 2 nitrogen and oxygen atoms in total. The molecule has 0 N–H and O–H groups in total. The van der Waals surface area contributed by atoms with E-state index in [-0.39, 0.29) is 0 Å². The van der Waals surface area contributed by atoms with Crippen LogP contribution in [0.25, 0.3) is 0 Å². The fraction of sp³-hybridized carbons (Fsp3) is 0.778. The first-order valence-electron chi connectivity index (χ1n) is 12.8. The van der Waals surface area contributed by atoms with Crippen molar-refractivity contribution >= 4 is 0 Å². The van der Waals surface area contributed by atoms with E-state index in [2.05, 4.69) is 52.0 Å². The van der Waals surface area contributed by atoms with E-state index in [1.165, 1.54) is 113 Å². The highest BCUT2D eigenvalue weighted by Gasteiger charge is 2.26. The van der Waals surface area contributed by atoms with E-state index in [0.29, 0.717) is 0 Å². The van der Waals surface area contributed by atoms with Crippen molar-refractivity contribution in [3.05, 3.63) is 29.8 Å². The van der Waals surface area contributed by atoms with Crippen molar-refractivity contribution in [2.75, 3.05) is 26.2 Å². The maximum Gasteiger partial charge on any atom is 0.119 e. The first-order chi connectivity index (χ1) is 14.2. The van der Waals surface area contributed by atoms with Crippen molar-refractivity contribution in [3.8, 4) is 5.75 Å². The van der Waals surface area contributed by atoms with Crippen LogP contribution in [0.15, 0.2) is 24.3 Å². The van der Waals surface area contributed by atoms with E-state index in [1.807, 2.05) is 0 Å². The van der Waals surface area contributed by atoms with E-state index < -0.39 is 0 Å². The summed E-state index contributed by atoms with van der Waals surface area (Å²) in [5.41, 5.74) is 1.47. The third-order valence-electron chi connectivity index (χ3n) is 6.17.